The summed E-state index contributed by atoms with van der Waals surface area (Å²) in [6.45, 7) is 2.76. The molecule has 4 heteroatoms. The summed E-state index contributed by atoms with van der Waals surface area (Å²) in [5, 5.41) is 0.696. The molecular formula is C16H25ClN2O. The number of nitrogens with zero attached hydrogens (tertiary/aromatic N) is 1. The van der Waals surface area contributed by atoms with Gasteiger partial charge in [-0.15, -0.1) is 0 Å². The number of nitrogens with two attached hydrogens (primary N) is 1. The summed E-state index contributed by atoms with van der Waals surface area (Å²) in [7, 11) is 0. The van der Waals surface area contributed by atoms with Gasteiger partial charge in [0.15, 0.2) is 0 Å². The van der Waals surface area contributed by atoms with Gasteiger partial charge >= 0.3 is 0 Å². The molecule has 0 bridgehead atoms. The second-order valence-electron chi connectivity index (χ2n) is 5.65. The fourth-order valence-corrected chi connectivity index (χ4v) is 3.40. The van der Waals surface area contributed by atoms with E-state index in [0.29, 0.717) is 10.9 Å². The van der Waals surface area contributed by atoms with Crippen molar-refractivity contribution < 1.29 is 4.74 Å². The van der Waals surface area contributed by atoms with E-state index in [-0.39, 0.29) is 12.1 Å². The molecule has 0 saturated heterocycles. The van der Waals surface area contributed by atoms with Crippen LogP contribution in [0.25, 0.3) is 0 Å². The third kappa shape index (κ3) is 4.18. The Labute approximate surface area is 126 Å². The highest BCUT2D eigenvalue weighted by atomic mass is 35.5. The Kier molecular flexibility index (Phi) is 6.27. The second-order valence-corrected chi connectivity index (χ2v) is 6.06. The van der Waals surface area contributed by atoms with Crippen molar-refractivity contribution in [1.82, 2.24) is 4.98 Å². The van der Waals surface area contributed by atoms with Gasteiger partial charge < -0.3 is 10.5 Å². The molecule has 1 saturated carbocycles. The maximum Gasteiger partial charge on any atom is 0.0757 e. The van der Waals surface area contributed by atoms with Crippen molar-refractivity contribution >= 4 is 11.6 Å². The highest BCUT2D eigenvalue weighted by molar-refractivity contribution is 6.31. The first-order valence-corrected chi connectivity index (χ1v) is 8.05. The summed E-state index contributed by atoms with van der Waals surface area (Å²) >= 11 is 6.18. The molecule has 1 fully saturated rings. The minimum absolute atomic E-state index is 0.00190. The topological polar surface area (TPSA) is 48.1 Å². The normalized spacial score (nSPS) is 19.8. The Morgan fingerprint density at radius 1 is 1.40 bits per heavy atom. The van der Waals surface area contributed by atoms with Crippen LogP contribution in [0.1, 0.15) is 44.6 Å². The highest BCUT2D eigenvalue weighted by Crippen LogP contribution is 2.30. The van der Waals surface area contributed by atoms with E-state index in [1.165, 1.54) is 32.1 Å². The Morgan fingerprint density at radius 2 is 2.15 bits per heavy atom. The number of aromatic nitrogens is 1. The van der Waals surface area contributed by atoms with Crippen LogP contribution in [-0.2, 0) is 11.2 Å². The predicted octanol–water partition coefficient (Wildman–Crippen LogP) is 3.59. The van der Waals surface area contributed by atoms with E-state index in [0.717, 1.165) is 18.6 Å². The molecule has 1 aliphatic carbocycles. The van der Waals surface area contributed by atoms with Crippen LogP contribution in [-0.4, -0.2) is 23.7 Å². The Bertz CT molecular complexity index is 407. The molecule has 2 rings (SSSR count). The maximum atomic E-state index is 6.43. The van der Waals surface area contributed by atoms with Gasteiger partial charge in [0.2, 0.25) is 0 Å². The number of hydrogen-bond donors (Lipinski definition) is 1. The van der Waals surface area contributed by atoms with E-state index < -0.39 is 0 Å². The quantitative estimate of drug-likeness (QED) is 0.872. The lowest BCUT2D eigenvalue weighted by Crippen LogP contribution is -2.44. The van der Waals surface area contributed by atoms with E-state index in [2.05, 4.69) is 4.98 Å². The first kappa shape index (κ1) is 15.7. The predicted molar refractivity (Wildman–Crippen MR) is 82.9 cm³/mol. The van der Waals surface area contributed by atoms with Crippen molar-refractivity contribution in [2.24, 2.45) is 11.7 Å². The number of halogens is 1. The van der Waals surface area contributed by atoms with Crippen molar-refractivity contribution in [1.29, 1.82) is 0 Å². The van der Waals surface area contributed by atoms with Gasteiger partial charge in [-0.25, -0.2) is 0 Å². The molecule has 2 atom stereocenters. The molecule has 20 heavy (non-hydrogen) atoms. The second kappa shape index (κ2) is 7.96. The Morgan fingerprint density at radius 3 is 2.80 bits per heavy atom. The lowest BCUT2D eigenvalue weighted by atomic mass is 9.81. The van der Waals surface area contributed by atoms with E-state index in [9.17, 15) is 0 Å². The molecular weight excluding hydrogens is 272 g/mol. The van der Waals surface area contributed by atoms with Crippen molar-refractivity contribution in [2.75, 3.05) is 6.61 Å². The summed E-state index contributed by atoms with van der Waals surface area (Å²) in [5.41, 5.74) is 7.50. The fourth-order valence-electron chi connectivity index (χ4n) is 3.20. The third-order valence-corrected chi connectivity index (χ3v) is 4.55. The van der Waals surface area contributed by atoms with Crippen molar-refractivity contribution in [3.63, 3.8) is 0 Å². The van der Waals surface area contributed by atoms with Crippen LogP contribution < -0.4 is 5.73 Å². The molecule has 3 nitrogen and oxygen atoms in total. The zero-order valence-corrected chi connectivity index (χ0v) is 13.0. The zero-order valence-electron chi connectivity index (χ0n) is 12.2. The van der Waals surface area contributed by atoms with Gasteiger partial charge in [-0.05, 0) is 43.7 Å². The van der Waals surface area contributed by atoms with E-state index in [1.807, 2.05) is 13.0 Å². The molecule has 2 N–H and O–H groups in total. The van der Waals surface area contributed by atoms with Crippen LogP contribution in [0, 0.1) is 5.92 Å². The first-order chi connectivity index (χ1) is 9.72. The average Bonchev–Trinajstić information content (AvgIpc) is 2.48. The van der Waals surface area contributed by atoms with Crippen LogP contribution in [0.15, 0.2) is 18.5 Å². The molecule has 0 spiro atoms. The number of pyridine rings is 1. The van der Waals surface area contributed by atoms with E-state index >= 15 is 0 Å². The monoisotopic (exact) mass is 296 g/mol. The van der Waals surface area contributed by atoms with Gasteiger partial charge in [0.05, 0.1) is 11.1 Å². The molecule has 1 heterocycles. The summed E-state index contributed by atoms with van der Waals surface area (Å²) in [6.07, 6.45) is 10.8. The van der Waals surface area contributed by atoms with Gasteiger partial charge in [-0.3, -0.25) is 4.98 Å². The van der Waals surface area contributed by atoms with Gasteiger partial charge in [-0.2, -0.15) is 0 Å². The largest absolute Gasteiger partial charge is 0.377 e. The molecule has 1 aliphatic rings. The summed E-state index contributed by atoms with van der Waals surface area (Å²) < 4.78 is 5.97. The minimum Gasteiger partial charge on any atom is -0.377 e. The number of hydrogen-bond acceptors (Lipinski definition) is 3. The molecule has 0 aliphatic heterocycles. The molecule has 2 unspecified atom stereocenters. The third-order valence-electron chi connectivity index (χ3n) is 4.21. The Balaban J connectivity index is 2.02. The molecule has 112 valence electrons. The highest BCUT2D eigenvalue weighted by Gasteiger charge is 2.29. The number of ether oxygens (including phenoxy) is 1. The van der Waals surface area contributed by atoms with Crippen LogP contribution >= 0.6 is 11.6 Å². The molecule has 0 aromatic carbocycles. The van der Waals surface area contributed by atoms with Crippen LogP contribution in [0.2, 0.25) is 5.02 Å². The zero-order chi connectivity index (χ0) is 14.4. The lowest BCUT2D eigenvalue weighted by Gasteiger charge is -2.34. The van der Waals surface area contributed by atoms with Crippen LogP contribution in [0.3, 0.4) is 0 Å². The van der Waals surface area contributed by atoms with E-state index in [1.54, 1.807) is 12.4 Å². The van der Waals surface area contributed by atoms with Crippen molar-refractivity contribution in [3.05, 3.63) is 29.0 Å². The van der Waals surface area contributed by atoms with Gasteiger partial charge in [0.1, 0.15) is 0 Å². The SMILES string of the molecule is CCOC(C(N)Cc1ccncc1Cl)C1CCCCC1. The standard InChI is InChI=1S/C16H25ClN2O/c1-2-20-16(12-6-4-3-5-7-12)15(18)10-13-8-9-19-11-14(13)17/h8-9,11-12,15-16H,2-7,10,18H2,1H3. The lowest BCUT2D eigenvalue weighted by molar-refractivity contribution is -0.00912. The molecule has 0 amide bonds. The summed E-state index contributed by atoms with van der Waals surface area (Å²) in [4.78, 5) is 4.02. The number of rotatable bonds is 6. The first-order valence-electron chi connectivity index (χ1n) is 7.68. The molecule has 1 aromatic rings. The Hall–Kier alpha value is -0.640. The van der Waals surface area contributed by atoms with Gasteiger partial charge in [0, 0.05) is 25.0 Å². The van der Waals surface area contributed by atoms with E-state index in [4.69, 9.17) is 22.1 Å². The van der Waals surface area contributed by atoms with Crippen LogP contribution in [0.5, 0.6) is 0 Å². The van der Waals surface area contributed by atoms with Crippen LogP contribution in [0.4, 0.5) is 0 Å². The summed E-state index contributed by atoms with van der Waals surface area (Å²) in [6, 6.07) is 1.95. The van der Waals surface area contributed by atoms with Crippen molar-refractivity contribution in [3.8, 4) is 0 Å². The molecule has 0 radical (unpaired) electrons. The van der Waals surface area contributed by atoms with Gasteiger partial charge in [-0.1, -0.05) is 30.9 Å². The molecule has 1 aromatic heterocycles. The summed E-state index contributed by atoms with van der Waals surface area (Å²) in [5.74, 6) is 0.597. The average molecular weight is 297 g/mol. The maximum absolute atomic E-state index is 6.43. The van der Waals surface area contributed by atoms with Crippen molar-refractivity contribution in [2.45, 2.75) is 57.6 Å². The fraction of sp³-hybridized carbons (Fsp3) is 0.688. The smallest absolute Gasteiger partial charge is 0.0757 e. The van der Waals surface area contributed by atoms with Gasteiger partial charge in [0.25, 0.3) is 0 Å². The minimum atomic E-state index is -0.00190.